The van der Waals surface area contributed by atoms with Crippen LogP contribution < -0.4 is 0 Å². The molecule has 2 aromatic carbocycles. The first kappa shape index (κ1) is 19.5. The van der Waals surface area contributed by atoms with Crippen molar-refractivity contribution in [1.29, 1.82) is 0 Å². The van der Waals surface area contributed by atoms with Crippen molar-refractivity contribution in [3.8, 4) is 0 Å². The fraction of sp³-hybridized carbons (Fsp3) is 0.364. The molecular formula is C22H26O2S. The van der Waals surface area contributed by atoms with Gasteiger partial charge < -0.3 is 4.79 Å². The number of thioether (sulfide) groups is 1. The topological polar surface area (TPSA) is 34.1 Å². The summed E-state index contributed by atoms with van der Waals surface area (Å²) < 4.78 is 0. The second-order valence-electron chi connectivity index (χ2n) is 6.48. The Morgan fingerprint density at radius 1 is 1.04 bits per heavy atom. The second kappa shape index (κ2) is 9.57. The van der Waals surface area contributed by atoms with Crippen LogP contribution in [0.25, 0.3) is 0 Å². The van der Waals surface area contributed by atoms with E-state index in [0.29, 0.717) is 12.0 Å². The largest absolute Gasteiger partial charge is 0.303 e. The molecule has 0 aromatic heterocycles. The zero-order valence-electron chi connectivity index (χ0n) is 15.0. The molecule has 2 rings (SSSR count). The highest BCUT2D eigenvalue weighted by atomic mass is 32.2. The maximum Gasteiger partial charge on any atom is 0.224 e. The highest BCUT2D eigenvalue weighted by Crippen LogP contribution is 2.35. The SMILES string of the molecule is CCCCC(C=O)(CC)Cc1ccccc1SC(=O)c1ccccc1. The van der Waals surface area contributed by atoms with Gasteiger partial charge in [-0.3, -0.25) is 4.79 Å². The average molecular weight is 355 g/mol. The Morgan fingerprint density at radius 3 is 2.36 bits per heavy atom. The minimum absolute atomic E-state index is 0.0369. The van der Waals surface area contributed by atoms with Crippen LogP contribution in [-0.2, 0) is 11.2 Å². The summed E-state index contributed by atoms with van der Waals surface area (Å²) in [4.78, 5) is 25.3. The van der Waals surface area contributed by atoms with E-state index in [1.165, 1.54) is 11.8 Å². The summed E-state index contributed by atoms with van der Waals surface area (Å²) in [6, 6.07) is 17.3. The Bertz CT molecular complexity index is 696. The molecule has 1 unspecified atom stereocenters. The van der Waals surface area contributed by atoms with Crippen LogP contribution in [0.3, 0.4) is 0 Å². The van der Waals surface area contributed by atoms with E-state index < -0.39 is 0 Å². The van der Waals surface area contributed by atoms with Crippen molar-refractivity contribution in [2.24, 2.45) is 5.41 Å². The normalized spacial score (nSPS) is 13.2. The molecule has 0 fully saturated rings. The molecule has 0 heterocycles. The zero-order valence-corrected chi connectivity index (χ0v) is 15.9. The molecule has 2 nitrogen and oxygen atoms in total. The lowest BCUT2D eigenvalue weighted by Gasteiger charge is -2.27. The number of rotatable bonds is 9. The van der Waals surface area contributed by atoms with E-state index >= 15 is 0 Å². The van der Waals surface area contributed by atoms with Gasteiger partial charge in [0.05, 0.1) is 0 Å². The Kier molecular flexibility index (Phi) is 7.45. The number of carbonyl (C=O) groups is 2. The van der Waals surface area contributed by atoms with Gasteiger partial charge in [-0.15, -0.1) is 0 Å². The molecule has 0 bridgehead atoms. The molecule has 132 valence electrons. The summed E-state index contributed by atoms with van der Waals surface area (Å²) in [6.07, 6.45) is 5.67. The lowest BCUT2D eigenvalue weighted by Crippen LogP contribution is -2.25. The third-order valence-corrected chi connectivity index (χ3v) is 5.75. The number of hydrogen-bond donors (Lipinski definition) is 0. The van der Waals surface area contributed by atoms with Crippen molar-refractivity contribution in [2.75, 3.05) is 0 Å². The molecule has 0 radical (unpaired) electrons. The van der Waals surface area contributed by atoms with Crippen LogP contribution >= 0.6 is 11.8 Å². The van der Waals surface area contributed by atoms with Gasteiger partial charge in [0.25, 0.3) is 0 Å². The maximum absolute atomic E-state index is 12.5. The minimum atomic E-state index is -0.331. The Balaban J connectivity index is 2.22. The molecule has 0 amide bonds. The fourth-order valence-corrected chi connectivity index (χ4v) is 3.84. The molecule has 0 N–H and O–H groups in total. The molecule has 0 aliphatic rings. The molecule has 0 aliphatic carbocycles. The quantitative estimate of drug-likeness (QED) is 0.412. The first-order valence-corrected chi connectivity index (χ1v) is 9.77. The lowest BCUT2D eigenvalue weighted by atomic mass is 9.76. The van der Waals surface area contributed by atoms with Crippen molar-refractivity contribution in [2.45, 2.75) is 50.8 Å². The van der Waals surface area contributed by atoms with E-state index in [1.807, 2.05) is 54.6 Å². The molecular weight excluding hydrogens is 328 g/mol. The van der Waals surface area contributed by atoms with Gasteiger partial charge >= 0.3 is 0 Å². The van der Waals surface area contributed by atoms with E-state index in [-0.39, 0.29) is 10.5 Å². The summed E-state index contributed by atoms with van der Waals surface area (Å²) in [5.74, 6) is 0. The summed E-state index contributed by atoms with van der Waals surface area (Å²) >= 11 is 1.25. The first-order valence-electron chi connectivity index (χ1n) is 8.95. The van der Waals surface area contributed by atoms with Gasteiger partial charge in [-0.2, -0.15) is 0 Å². The molecule has 1 atom stereocenters. The highest BCUT2D eigenvalue weighted by molar-refractivity contribution is 8.14. The maximum atomic E-state index is 12.5. The van der Waals surface area contributed by atoms with Gasteiger partial charge in [-0.25, -0.2) is 0 Å². The van der Waals surface area contributed by atoms with Crippen LogP contribution in [0.1, 0.15) is 55.5 Å². The van der Waals surface area contributed by atoms with E-state index in [1.54, 1.807) is 0 Å². The number of unbranched alkanes of at least 4 members (excludes halogenated alkanes) is 1. The molecule has 25 heavy (non-hydrogen) atoms. The van der Waals surface area contributed by atoms with Gasteiger partial charge in [0.2, 0.25) is 5.12 Å². The van der Waals surface area contributed by atoms with Crippen LogP contribution in [0.2, 0.25) is 0 Å². The van der Waals surface area contributed by atoms with Crippen LogP contribution in [0.5, 0.6) is 0 Å². The zero-order chi connectivity index (χ0) is 18.1. The number of carbonyl (C=O) groups excluding carboxylic acids is 2. The molecule has 0 saturated heterocycles. The summed E-state index contributed by atoms with van der Waals surface area (Å²) in [7, 11) is 0. The highest BCUT2D eigenvalue weighted by Gasteiger charge is 2.28. The number of benzene rings is 2. The van der Waals surface area contributed by atoms with E-state index in [2.05, 4.69) is 13.8 Å². The second-order valence-corrected chi connectivity index (χ2v) is 7.49. The van der Waals surface area contributed by atoms with Gasteiger partial charge in [-0.05, 0) is 42.7 Å². The van der Waals surface area contributed by atoms with Crippen molar-refractivity contribution < 1.29 is 9.59 Å². The third-order valence-electron chi connectivity index (χ3n) is 4.71. The molecule has 3 heteroatoms. The first-order chi connectivity index (χ1) is 12.1. The molecule has 0 spiro atoms. The Hall–Kier alpha value is -1.87. The predicted octanol–water partition coefficient (Wildman–Crippen LogP) is 5.95. The van der Waals surface area contributed by atoms with Crippen molar-refractivity contribution in [3.05, 3.63) is 65.7 Å². The van der Waals surface area contributed by atoms with E-state index in [4.69, 9.17) is 0 Å². The monoisotopic (exact) mass is 354 g/mol. The minimum Gasteiger partial charge on any atom is -0.303 e. The summed E-state index contributed by atoms with van der Waals surface area (Å²) in [5, 5.41) is 0.0369. The Labute approximate surface area is 155 Å². The van der Waals surface area contributed by atoms with Crippen molar-refractivity contribution in [1.82, 2.24) is 0 Å². The number of aldehydes is 1. The van der Waals surface area contributed by atoms with Gasteiger partial charge in [0.1, 0.15) is 6.29 Å². The smallest absolute Gasteiger partial charge is 0.224 e. The van der Waals surface area contributed by atoms with E-state index in [0.717, 1.165) is 42.4 Å². The lowest BCUT2D eigenvalue weighted by molar-refractivity contribution is -0.116. The van der Waals surface area contributed by atoms with Crippen LogP contribution in [0, 0.1) is 5.41 Å². The van der Waals surface area contributed by atoms with Crippen LogP contribution in [-0.4, -0.2) is 11.4 Å². The molecule has 2 aromatic rings. The van der Waals surface area contributed by atoms with Gasteiger partial charge in [-0.1, -0.05) is 75.2 Å². The Morgan fingerprint density at radius 2 is 1.72 bits per heavy atom. The summed E-state index contributed by atoms with van der Waals surface area (Å²) in [5.41, 5.74) is 1.45. The third kappa shape index (κ3) is 5.30. The fourth-order valence-electron chi connectivity index (χ4n) is 2.96. The average Bonchev–Trinajstić information content (AvgIpc) is 2.67. The van der Waals surface area contributed by atoms with Crippen molar-refractivity contribution in [3.63, 3.8) is 0 Å². The van der Waals surface area contributed by atoms with Crippen molar-refractivity contribution >= 4 is 23.2 Å². The standard InChI is InChI=1S/C22H26O2S/c1-3-5-15-22(4-2,17-23)16-19-13-9-10-14-20(19)25-21(24)18-11-7-6-8-12-18/h6-14,17H,3-5,15-16H2,1-2H3. The van der Waals surface area contributed by atoms with Gasteiger partial charge in [0, 0.05) is 15.9 Å². The van der Waals surface area contributed by atoms with Crippen LogP contribution in [0.4, 0.5) is 0 Å². The van der Waals surface area contributed by atoms with Crippen LogP contribution in [0.15, 0.2) is 59.5 Å². The predicted molar refractivity (Wildman–Crippen MR) is 105 cm³/mol. The van der Waals surface area contributed by atoms with E-state index in [9.17, 15) is 9.59 Å². The number of hydrogen-bond acceptors (Lipinski definition) is 3. The molecule has 0 aliphatic heterocycles. The summed E-state index contributed by atoms with van der Waals surface area (Å²) in [6.45, 7) is 4.22. The molecule has 0 saturated carbocycles. The van der Waals surface area contributed by atoms with Gasteiger partial charge in [0.15, 0.2) is 0 Å².